The van der Waals surface area contributed by atoms with Crippen molar-refractivity contribution in [2.45, 2.75) is 12.3 Å². The summed E-state index contributed by atoms with van der Waals surface area (Å²) in [7, 11) is 0.753. The van der Waals surface area contributed by atoms with Crippen LogP contribution < -0.4 is 5.73 Å². The molecule has 0 amide bonds. The molecule has 1 atom stereocenters. The Labute approximate surface area is 93.1 Å². The Kier molecular flexibility index (Phi) is 5.53. The number of ether oxygens (including phenoxy) is 1. The molecule has 0 bridgehead atoms. The van der Waals surface area contributed by atoms with Gasteiger partial charge in [-0.05, 0) is 11.1 Å². The predicted octanol–water partition coefficient (Wildman–Crippen LogP) is 1.04. The molecule has 2 N–H and O–H groups in total. The second-order valence-electron chi connectivity index (χ2n) is 3.25. The number of hydrogen-bond acceptors (Lipinski definition) is 3. The van der Waals surface area contributed by atoms with Crippen LogP contribution in [0.5, 0.6) is 0 Å². The lowest BCUT2D eigenvalue weighted by molar-refractivity contribution is 0.218. The van der Waals surface area contributed by atoms with Crippen LogP contribution in [-0.2, 0) is 27.8 Å². The van der Waals surface area contributed by atoms with Crippen LogP contribution >= 0.6 is 0 Å². The van der Waals surface area contributed by atoms with Crippen molar-refractivity contribution >= 4 is 10.8 Å². The van der Waals surface area contributed by atoms with E-state index in [0.717, 1.165) is 11.1 Å². The summed E-state index contributed by atoms with van der Waals surface area (Å²) in [6, 6.07) is 7.85. The maximum atomic E-state index is 11.6. The van der Waals surface area contributed by atoms with Crippen LogP contribution in [-0.4, -0.2) is 23.7 Å². The molecule has 0 aliphatic carbocycles. The Morgan fingerprint density at radius 1 is 1.33 bits per heavy atom. The molecule has 0 aromatic heterocycles. The summed E-state index contributed by atoms with van der Waals surface area (Å²) in [5, 5.41) is 0. The average molecular weight is 227 g/mol. The fourth-order valence-corrected chi connectivity index (χ4v) is 2.44. The van der Waals surface area contributed by atoms with E-state index in [0.29, 0.717) is 24.7 Å². The lowest BCUT2D eigenvalue weighted by atomic mass is 10.1. The van der Waals surface area contributed by atoms with Crippen molar-refractivity contribution in [1.29, 1.82) is 0 Å². The van der Waals surface area contributed by atoms with E-state index >= 15 is 0 Å². The minimum absolute atomic E-state index is 0.498. The molecule has 0 fully saturated rings. The van der Waals surface area contributed by atoms with Crippen LogP contribution in [0.2, 0.25) is 0 Å². The zero-order chi connectivity index (χ0) is 11.1. The predicted molar refractivity (Wildman–Crippen MR) is 62.9 cm³/mol. The Morgan fingerprint density at radius 3 is 2.60 bits per heavy atom. The van der Waals surface area contributed by atoms with Crippen molar-refractivity contribution in [1.82, 2.24) is 0 Å². The molecule has 0 aliphatic heterocycles. The molecule has 0 heterocycles. The zero-order valence-corrected chi connectivity index (χ0v) is 9.76. The van der Waals surface area contributed by atoms with E-state index in [-0.39, 0.29) is 0 Å². The van der Waals surface area contributed by atoms with Gasteiger partial charge < -0.3 is 10.5 Å². The Bertz CT molecular complexity index is 328. The van der Waals surface area contributed by atoms with Crippen LogP contribution in [0.4, 0.5) is 0 Å². The molecule has 0 radical (unpaired) electrons. The van der Waals surface area contributed by atoms with Crippen molar-refractivity contribution in [3.63, 3.8) is 0 Å². The lowest BCUT2D eigenvalue weighted by Crippen LogP contribution is -2.09. The van der Waals surface area contributed by atoms with Gasteiger partial charge in [0.1, 0.15) is 0 Å². The number of nitrogens with two attached hydrogens (primary N) is 1. The molecular formula is C11H17NO2S. The summed E-state index contributed by atoms with van der Waals surface area (Å²) in [4.78, 5) is 0. The Balaban J connectivity index is 2.59. The van der Waals surface area contributed by atoms with E-state index in [4.69, 9.17) is 10.5 Å². The normalized spacial score (nSPS) is 12.7. The summed E-state index contributed by atoms with van der Waals surface area (Å²) < 4.78 is 16.5. The monoisotopic (exact) mass is 227 g/mol. The summed E-state index contributed by atoms with van der Waals surface area (Å²) >= 11 is 0. The molecule has 15 heavy (non-hydrogen) atoms. The van der Waals surface area contributed by atoms with Crippen molar-refractivity contribution in [3.8, 4) is 0 Å². The van der Waals surface area contributed by atoms with Gasteiger partial charge in [0.05, 0.1) is 6.61 Å². The molecule has 0 spiro atoms. The standard InChI is InChI=1S/C11H17NO2S/c1-14-6-7-15(13)9-11-5-3-2-4-10(11)8-12/h2-5H,6-9,12H2,1H3. The second-order valence-corrected chi connectivity index (χ2v) is 4.83. The van der Waals surface area contributed by atoms with Crippen LogP contribution in [0.3, 0.4) is 0 Å². The quantitative estimate of drug-likeness (QED) is 0.790. The van der Waals surface area contributed by atoms with Gasteiger partial charge in [-0.1, -0.05) is 24.3 Å². The second kappa shape index (κ2) is 6.71. The molecule has 1 rings (SSSR count). The molecular weight excluding hydrogens is 210 g/mol. The SMILES string of the molecule is COCCS(=O)Cc1ccccc1CN. The fraction of sp³-hybridized carbons (Fsp3) is 0.455. The van der Waals surface area contributed by atoms with Gasteiger partial charge in [-0.3, -0.25) is 4.21 Å². The van der Waals surface area contributed by atoms with E-state index in [2.05, 4.69) is 0 Å². The maximum Gasteiger partial charge on any atom is 0.0577 e. The first kappa shape index (κ1) is 12.4. The molecule has 84 valence electrons. The highest BCUT2D eigenvalue weighted by atomic mass is 32.2. The summed E-state index contributed by atoms with van der Waals surface area (Å²) in [6.45, 7) is 1.04. The van der Waals surface area contributed by atoms with Crippen molar-refractivity contribution in [3.05, 3.63) is 35.4 Å². The van der Waals surface area contributed by atoms with Gasteiger partial charge >= 0.3 is 0 Å². The first-order valence-corrected chi connectivity index (χ1v) is 6.37. The third-order valence-corrected chi connectivity index (χ3v) is 3.42. The van der Waals surface area contributed by atoms with Crippen LogP contribution in [0, 0.1) is 0 Å². The molecule has 1 aromatic carbocycles. The first-order valence-electron chi connectivity index (χ1n) is 4.88. The zero-order valence-electron chi connectivity index (χ0n) is 8.94. The topological polar surface area (TPSA) is 52.3 Å². The first-order chi connectivity index (χ1) is 7.27. The molecule has 0 saturated heterocycles. The summed E-state index contributed by atoms with van der Waals surface area (Å²) in [5.74, 6) is 1.14. The molecule has 1 aromatic rings. The minimum atomic E-state index is -0.863. The van der Waals surface area contributed by atoms with Gasteiger partial charge in [-0.15, -0.1) is 0 Å². The van der Waals surface area contributed by atoms with Gasteiger partial charge in [-0.2, -0.15) is 0 Å². The Morgan fingerprint density at radius 2 is 2.00 bits per heavy atom. The molecule has 3 nitrogen and oxygen atoms in total. The number of hydrogen-bond donors (Lipinski definition) is 1. The maximum absolute atomic E-state index is 11.6. The van der Waals surface area contributed by atoms with Gasteiger partial charge in [0.25, 0.3) is 0 Å². The molecule has 0 aliphatic rings. The number of benzene rings is 1. The summed E-state index contributed by atoms with van der Waals surface area (Å²) in [6.07, 6.45) is 0. The highest BCUT2D eigenvalue weighted by Crippen LogP contribution is 2.10. The fourth-order valence-electron chi connectivity index (χ4n) is 1.32. The molecule has 4 heteroatoms. The average Bonchev–Trinajstić information content (AvgIpc) is 2.27. The van der Waals surface area contributed by atoms with Gasteiger partial charge in [0.2, 0.25) is 0 Å². The van der Waals surface area contributed by atoms with E-state index in [9.17, 15) is 4.21 Å². The van der Waals surface area contributed by atoms with E-state index in [1.807, 2.05) is 24.3 Å². The highest BCUT2D eigenvalue weighted by Gasteiger charge is 2.04. The highest BCUT2D eigenvalue weighted by molar-refractivity contribution is 7.84. The molecule has 0 saturated carbocycles. The van der Waals surface area contributed by atoms with Crippen molar-refractivity contribution in [2.75, 3.05) is 19.5 Å². The third kappa shape index (κ3) is 4.11. The van der Waals surface area contributed by atoms with Crippen LogP contribution in [0.1, 0.15) is 11.1 Å². The van der Waals surface area contributed by atoms with Crippen LogP contribution in [0.15, 0.2) is 24.3 Å². The number of methoxy groups -OCH3 is 1. The van der Waals surface area contributed by atoms with E-state index < -0.39 is 10.8 Å². The van der Waals surface area contributed by atoms with Gasteiger partial charge in [0.15, 0.2) is 0 Å². The number of rotatable bonds is 6. The van der Waals surface area contributed by atoms with Gasteiger partial charge in [0, 0.05) is 36.0 Å². The van der Waals surface area contributed by atoms with Gasteiger partial charge in [-0.25, -0.2) is 0 Å². The minimum Gasteiger partial charge on any atom is -0.384 e. The Hall–Kier alpha value is -0.710. The largest absolute Gasteiger partial charge is 0.384 e. The lowest BCUT2D eigenvalue weighted by Gasteiger charge is -2.07. The van der Waals surface area contributed by atoms with E-state index in [1.165, 1.54) is 0 Å². The summed E-state index contributed by atoms with van der Waals surface area (Å²) in [5.41, 5.74) is 7.75. The van der Waals surface area contributed by atoms with Crippen molar-refractivity contribution in [2.24, 2.45) is 5.73 Å². The molecule has 1 unspecified atom stereocenters. The third-order valence-electron chi connectivity index (χ3n) is 2.17. The van der Waals surface area contributed by atoms with Crippen LogP contribution in [0.25, 0.3) is 0 Å². The van der Waals surface area contributed by atoms with Crippen molar-refractivity contribution < 1.29 is 8.95 Å². The van der Waals surface area contributed by atoms with E-state index in [1.54, 1.807) is 7.11 Å². The smallest absolute Gasteiger partial charge is 0.0577 e.